The van der Waals surface area contributed by atoms with Gasteiger partial charge in [-0.3, -0.25) is 0 Å². The van der Waals surface area contributed by atoms with Crippen molar-refractivity contribution in [2.45, 2.75) is 30.1 Å². The van der Waals surface area contributed by atoms with E-state index >= 15 is 0 Å². The van der Waals surface area contributed by atoms with Crippen LogP contribution in [0.2, 0.25) is 0 Å². The molecule has 0 saturated heterocycles. The first kappa shape index (κ1) is 22.2. The third-order valence-electron chi connectivity index (χ3n) is 1.00. The van der Waals surface area contributed by atoms with Crippen molar-refractivity contribution in [2.24, 2.45) is 0 Å². The van der Waals surface area contributed by atoms with Crippen molar-refractivity contribution < 1.29 is 0 Å². The molecule has 0 N–H and O–H groups in total. The normalized spacial score (nSPS) is 17.6. The van der Waals surface area contributed by atoms with Gasteiger partial charge in [0.05, 0.1) is 0 Å². The van der Waals surface area contributed by atoms with Crippen molar-refractivity contribution in [1.82, 2.24) is 0 Å². The number of halogens is 9. The van der Waals surface area contributed by atoms with Gasteiger partial charge in [0, 0.05) is 13.3 Å². The molecule has 1 atom stereocenters. The Morgan fingerprint density at radius 3 is 1.53 bits per heavy atom. The van der Waals surface area contributed by atoms with Gasteiger partial charge in [-0.2, -0.15) is 0 Å². The summed E-state index contributed by atoms with van der Waals surface area (Å²) in [6.07, 6.45) is 0.924. The fraction of sp³-hybridized carbons (Fsp3) is 0.833. The molecular formula is C6H9Cl9NSb. The molecule has 17 heavy (non-hydrogen) atoms. The van der Waals surface area contributed by atoms with E-state index in [2.05, 4.69) is 10.9 Å². The zero-order chi connectivity index (χ0) is 14.6. The van der Waals surface area contributed by atoms with E-state index in [1.54, 1.807) is 0 Å². The average Bonchev–Trinajstić information content (AvgIpc) is 1.92. The van der Waals surface area contributed by atoms with Gasteiger partial charge >= 0.3 is 72.0 Å². The summed E-state index contributed by atoms with van der Waals surface area (Å²) in [5.41, 5.74) is 0. The first-order valence-electron chi connectivity index (χ1n) is 4.01. The SMILES string of the molecule is CCC(C)[N+]#CC(Cl)(Cl)Cl.[Cl][Sb-]([Cl])([Cl])([Cl])([Cl])[Cl]. The Hall–Kier alpha value is 2.92. The molecule has 0 aromatic rings. The molecule has 0 aromatic carbocycles. The van der Waals surface area contributed by atoms with Gasteiger partial charge < -0.3 is 0 Å². The summed E-state index contributed by atoms with van der Waals surface area (Å²) >= 11 is 16.1. The molecule has 0 aromatic heterocycles. The summed E-state index contributed by atoms with van der Waals surface area (Å²) in [7, 11) is 25.0. The van der Waals surface area contributed by atoms with Gasteiger partial charge in [0.2, 0.25) is 0 Å². The van der Waals surface area contributed by atoms with E-state index in [9.17, 15) is 0 Å². The number of alkyl halides is 3. The minimum atomic E-state index is -5.42. The van der Waals surface area contributed by atoms with E-state index in [0.29, 0.717) is 0 Å². The molecule has 11 heteroatoms. The van der Waals surface area contributed by atoms with E-state index in [4.69, 9.17) is 87.8 Å². The molecule has 1 nitrogen and oxygen atoms in total. The molecule has 0 spiro atoms. The van der Waals surface area contributed by atoms with Crippen LogP contribution in [0, 0.1) is 6.07 Å². The predicted octanol–water partition coefficient (Wildman–Crippen LogP) is 7.24. The molecule has 0 amide bonds. The Balaban J connectivity index is 0. The summed E-state index contributed by atoms with van der Waals surface area (Å²) in [5.74, 6) is 0. The Labute approximate surface area is 136 Å². The van der Waals surface area contributed by atoms with Crippen LogP contribution in [0.15, 0.2) is 0 Å². The van der Waals surface area contributed by atoms with Crippen LogP contribution in [0.1, 0.15) is 20.3 Å². The van der Waals surface area contributed by atoms with Crippen molar-refractivity contribution in [3.8, 4) is 6.07 Å². The Morgan fingerprint density at radius 2 is 1.35 bits per heavy atom. The van der Waals surface area contributed by atoms with Gasteiger partial charge in [0.15, 0.2) is 0 Å². The first-order valence-corrected chi connectivity index (χ1v) is 24.5. The summed E-state index contributed by atoms with van der Waals surface area (Å²) in [4.78, 5) is 3.87. The van der Waals surface area contributed by atoms with Crippen LogP contribution in [0.25, 0.3) is 4.85 Å². The first-order chi connectivity index (χ1) is 6.90. The van der Waals surface area contributed by atoms with Crippen molar-refractivity contribution in [1.29, 1.82) is 0 Å². The molecule has 106 valence electrons. The van der Waals surface area contributed by atoms with E-state index < -0.39 is 12.9 Å². The monoisotopic (exact) mass is 531 g/mol. The quantitative estimate of drug-likeness (QED) is 0.246. The van der Waals surface area contributed by atoms with E-state index in [1.807, 2.05) is 13.8 Å². The maximum absolute atomic E-state index is 5.42. The second-order valence-corrected chi connectivity index (χ2v) is 62.1. The van der Waals surface area contributed by atoms with Crippen LogP contribution in [0.3, 0.4) is 0 Å². The Bertz CT molecular complexity index is 289. The number of nitrogens with zero attached hydrogens (tertiary/aromatic N) is 1. The van der Waals surface area contributed by atoms with Crippen molar-refractivity contribution in [2.75, 3.05) is 0 Å². The molecule has 0 aliphatic carbocycles. The van der Waals surface area contributed by atoms with Crippen LogP contribution in [-0.2, 0) is 0 Å². The molecule has 0 aliphatic heterocycles. The summed E-state index contributed by atoms with van der Waals surface area (Å²) < 4.78 is -1.47. The van der Waals surface area contributed by atoms with Crippen LogP contribution in [0.5, 0.6) is 0 Å². The summed E-state index contributed by atoms with van der Waals surface area (Å²) in [6.45, 7) is 3.94. The molecule has 0 radical (unpaired) electrons. The number of hydrogen-bond donors (Lipinski definition) is 0. The summed E-state index contributed by atoms with van der Waals surface area (Å²) in [6, 6.07) is 2.57. The fourth-order valence-corrected chi connectivity index (χ4v) is 0.421. The van der Waals surface area contributed by atoms with Gasteiger partial charge in [-0.15, -0.1) is 0 Å². The second kappa shape index (κ2) is 6.79. The zero-order valence-corrected chi connectivity index (χ0v) is 17.9. The second-order valence-electron chi connectivity index (χ2n) is 2.95. The van der Waals surface area contributed by atoms with E-state index in [0.717, 1.165) is 6.42 Å². The molecule has 0 fully saturated rings. The van der Waals surface area contributed by atoms with Gasteiger partial charge in [-0.05, 0) is 0 Å². The minimum absolute atomic E-state index is 0.177. The molecule has 0 heterocycles. The third kappa shape index (κ3) is 45.4. The van der Waals surface area contributed by atoms with Crippen molar-refractivity contribution in [3.05, 3.63) is 4.85 Å². The topological polar surface area (TPSA) is 4.36 Å². The fourth-order valence-electron chi connectivity index (χ4n) is 0.275. The average molecular weight is 536 g/mol. The van der Waals surface area contributed by atoms with Gasteiger partial charge in [0.25, 0.3) is 6.04 Å². The van der Waals surface area contributed by atoms with Crippen LogP contribution in [-0.4, -0.2) is 19.0 Å². The molecule has 0 saturated carbocycles. The Morgan fingerprint density at radius 1 is 1.06 bits per heavy atom. The van der Waals surface area contributed by atoms with Crippen molar-refractivity contribution in [3.63, 3.8) is 0 Å². The third-order valence-corrected chi connectivity index (χ3v) is 1.26. The van der Waals surface area contributed by atoms with Gasteiger partial charge in [0.1, 0.15) is 0 Å². The van der Waals surface area contributed by atoms with E-state index in [-0.39, 0.29) is 6.04 Å². The molecular weight excluding hydrogens is 527 g/mol. The molecule has 0 aliphatic rings. The molecule has 0 bridgehead atoms. The van der Waals surface area contributed by atoms with Gasteiger partial charge in [-0.1, -0.05) is 46.6 Å². The zero-order valence-electron chi connectivity index (χ0n) is 8.58. The van der Waals surface area contributed by atoms with E-state index in [1.165, 1.54) is 0 Å². The summed E-state index contributed by atoms with van der Waals surface area (Å²) in [5, 5.41) is 0. The number of rotatable bonds is 1. The van der Waals surface area contributed by atoms with Crippen LogP contribution >= 0.6 is 87.8 Å². The molecule has 1 unspecified atom stereocenters. The standard InChI is InChI=1S/C6H9Cl3N.6ClH.Sb/c1-3-5(2)10-4-6(7,8)9;;;;;;;/h5H,3H2,1-2H3;6*1H;/q+1;;;;;;;+5/p-6. The van der Waals surface area contributed by atoms with Crippen LogP contribution < -0.4 is 0 Å². The maximum atomic E-state index is 5.36. The van der Waals surface area contributed by atoms with Crippen molar-refractivity contribution >= 4 is 96.9 Å². The van der Waals surface area contributed by atoms with Crippen LogP contribution in [0.4, 0.5) is 0 Å². The molecule has 0 rings (SSSR count). The number of hydrogen-bond acceptors (Lipinski definition) is 0. The van der Waals surface area contributed by atoms with Gasteiger partial charge in [-0.25, -0.2) is 0 Å². The Kier molecular flexibility index (Phi) is 8.86. The predicted molar refractivity (Wildman–Crippen MR) is 88.2 cm³/mol.